The first kappa shape index (κ1) is 18.4. The molecule has 3 aromatic rings. The highest BCUT2D eigenvalue weighted by Crippen LogP contribution is 2.31. The maximum atomic E-state index is 12.9. The van der Waals surface area contributed by atoms with E-state index in [4.69, 9.17) is 0 Å². The summed E-state index contributed by atoms with van der Waals surface area (Å²) in [4.78, 5) is 19.0. The topological polar surface area (TPSA) is 104 Å². The zero-order valence-electron chi connectivity index (χ0n) is 15.6. The molecule has 0 fully saturated rings. The van der Waals surface area contributed by atoms with E-state index in [1.807, 2.05) is 32.8 Å². The molecule has 0 aliphatic heterocycles. The summed E-state index contributed by atoms with van der Waals surface area (Å²) < 4.78 is 1.03. The van der Waals surface area contributed by atoms with Crippen molar-refractivity contribution in [3.05, 3.63) is 47.7 Å². The number of carbonyl (C=O) groups is 1. The summed E-state index contributed by atoms with van der Waals surface area (Å²) in [7, 11) is 3.70. The molecule has 8 heteroatoms. The Labute approximate surface area is 156 Å². The number of phenols is 1. The Kier molecular flexibility index (Phi) is 4.81. The lowest BCUT2D eigenvalue weighted by Crippen LogP contribution is -2.15. The summed E-state index contributed by atoms with van der Waals surface area (Å²) in [5, 5.41) is 27.7. The third-order valence-electron chi connectivity index (χ3n) is 4.21. The molecule has 0 saturated heterocycles. The van der Waals surface area contributed by atoms with Gasteiger partial charge >= 0.3 is 6.01 Å². The number of phenolic OH excluding ortho intramolecular Hbond substituents is 1. The second-order valence-electron chi connectivity index (χ2n) is 6.69. The van der Waals surface area contributed by atoms with Crippen molar-refractivity contribution >= 4 is 11.7 Å². The fourth-order valence-electron chi connectivity index (χ4n) is 2.71. The minimum absolute atomic E-state index is 0.0772. The van der Waals surface area contributed by atoms with E-state index < -0.39 is 11.9 Å². The van der Waals surface area contributed by atoms with Gasteiger partial charge in [-0.25, -0.2) is 9.55 Å². The molecule has 0 radical (unpaired) electrons. The van der Waals surface area contributed by atoms with Crippen molar-refractivity contribution < 1.29 is 15.0 Å². The van der Waals surface area contributed by atoms with Crippen LogP contribution in [0.3, 0.4) is 0 Å². The van der Waals surface area contributed by atoms with Gasteiger partial charge < -0.3 is 15.1 Å². The number of hydrogen-bond acceptors (Lipinski definition) is 7. The van der Waals surface area contributed by atoms with Gasteiger partial charge in [0.05, 0.1) is 5.56 Å². The van der Waals surface area contributed by atoms with Crippen molar-refractivity contribution in [3.8, 4) is 23.1 Å². The van der Waals surface area contributed by atoms with E-state index in [-0.39, 0.29) is 17.5 Å². The molecule has 0 unspecified atom stereocenters. The molecule has 0 aliphatic carbocycles. The Morgan fingerprint density at radius 3 is 2.44 bits per heavy atom. The number of hydrogen-bond donors (Lipinski definition) is 2. The molecule has 0 spiro atoms. The second-order valence-corrected chi connectivity index (χ2v) is 6.69. The van der Waals surface area contributed by atoms with Crippen molar-refractivity contribution in [1.82, 2.24) is 19.7 Å². The number of benzene rings is 1. The Balaban J connectivity index is 2.05. The number of pyridine rings is 1. The molecule has 0 bridgehead atoms. The first-order valence-corrected chi connectivity index (χ1v) is 8.45. The maximum absolute atomic E-state index is 12.9. The van der Waals surface area contributed by atoms with Crippen LogP contribution in [0.15, 0.2) is 36.5 Å². The molecule has 27 heavy (non-hydrogen) atoms. The van der Waals surface area contributed by atoms with Gasteiger partial charge in [-0.05, 0) is 41.8 Å². The number of rotatable bonds is 4. The highest BCUT2D eigenvalue weighted by Gasteiger charge is 2.22. The van der Waals surface area contributed by atoms with Crippen LogP contribution < -0.4 is 4.90 Å². The molecule has 8 nitrogen and oxygen atoms in total. The molecule has 2 aromatic heterocycles. The summed E-state index contributed by atoms with van der Waals surface area (Å²) >= 11 is 0. The van der Waals surface area contributed by atoms with E-state index >= 15 is 0 Å². The summed E-state index contributed by atoms with van der Waals surface area (Å²) in [6.45, 7) is 3.90. The average Bonchev–Trinajstić information content (AvgIpc) is 3.02. The quantitative estimate of drug-likeness (QED) is 0.730. The molecule has 0 amide bonds. The Hall–Kier alpha value is -3.42. The molecule has 0 saturated carbocycles. The fourth-order valence-corrected chi connectivity index (χ4v) is 2.71. The number of anilines is 1. The van der Waals surface area contributed by atoms with Crippen LogP contribution in [0.25, 0.3) is 11.4 Å². The lowest BCUT2D eigenvalue weighted by molar-refractivity contribution is 0.0951. The zero-order valence-corrected chi connectivity index (χ0v) is 15.6. The van der Waals surface area contributed by atoms with Crippen LogP contribution in [0.5, 0.6) is 11.8 Å². The monoisotopic (exact) mass is 367 g/mol. The van der Waals surface area contributed by atoms with Gasteiger partial charge in [-0.15, -0.1) is 5.10 Å². The third-order valence-corrected chi connectivity index (χ3v) is 4.21. The van der Waals surface area contributed by atoms with E-state index in [0.717, 1.165) is 4.57 Å². The van der Waals surface area contributed by atoms with Crippen molar-refractivity contribution in [2.24, 2.45) is 0 Å². The summed E-state index contributed by atoms with van der Waals surface area (Å²) in [6.07, 6.45) is 1.44. The number of carbonyl (C=O) groups excluding carboxylic acids is 1. The smallest absolute Gasteiger partial charge is 0.322 e. The normalized spacial score (nSPS) is 11.0. The predicted molar refractivity (Wildman–Crippen MR) is 101 cm³/mol. The van der Waals surface area contributed by atoms with Gasteiger partial charge in [-0.3, -0.25) is 4.79 Å². The number of aromatic hydroxyl groups is 2. The Morgan fingerprint density at radius 2 is 1.85 bits per heavy atom. The maximum Gasteiger partial charge on any atom is 0.322 e. The molecule has 2 heterocycles. The molecule has 0 atom stereocenters. The standard InChI is InChI=1S/C19H21N5O3/c1-11(2)14-9-12(5-7-15(14)25)17-21-22-19(27)24(17)18(26)13-6-8-16(20-10-13)23(3)4/h5-11,25H,1-4H3,(H,22,27). The average molecular weight is 367 g/mol. The van der Waals surface area contributed by atoms with E-state index in [1.165, 1.54) is 6.20 Å². The van der Waals surface area contributed by atoms with Gasteiger partial charge in [0.25, 0.3) is 5.91 Å². The Morgan fingerprint density at radius 1 is 1.11 bits per heavy atom. The van der Waals surface area contributed by atoms with Gasteiger partial charge in [0, 0.05) is 25.9 Å². The summed E-state index contributed by atoms with van der Waals surface area (Å²) in [6, 6.07) is 7.74. The number of aromatic nitrogens is 4. The molecule has 1 aromatic carbocycles. The van der Waals surface area contributed by atoms with Crippen molar-refractivity contribution in [3.63, 3.8) is 0 Å². The first-order chi connectivity index (χ1) is 12.8. The minimum atomic E-state index is -0.508. The van der Waals surface area contributed by atoms with Gasteiger partial charge in [-0.1, -0.05) is 18.9 Å². The molecule has 2 N–H and O–H groups in total. The van der Waals surface area contributed by atoms with Gasteiger partial charge in [0.2, 0.25) is 0 Å². The van der Waals surface area contributed by atoms with Gasteiger partial charge in [0.1, 0.15) is 11.6 Å². The third kappa shape index (κ3) is 3.46. The fraction of sp³-hybridized carbons (Fsp3) is 0.263. The van der Waals surface area contributed by atoms with Crippen LogP contribution in [-0.4, -0.2) is 50.0 Å². The van der Waals surface area contributed by atoms with Crippen LogP contribution in [0.4, 0.5) is 5.82 Å². The van der Waals surface area contributed by atoms with Crippen LogP contribution in [0.2, 0.25) is 0 Å². The second kappa shape index (κ2) is 7.06. The highest BCUT2D eigenvalue weighted by molar-refractivity contribution is 5.98. The molecule has 0 aliphatic rings. The van der Waals surface area contributed by atoms with Crippen molar-refractivity contribution in [2.45, 2.75) is 19.8 Å². The lowest BCUT2D eigenvalue weighted by Gasteiger charge is -2.12. The molecular formula is C19H21N5O3. The Bertz CT molecular complexity index is 978. The largest absolute Gasteiger partial charge is 0.508 e. The van der Waals surface area contributed by atoms with Crippen LogP contribution >= 0.6 is 0 Å². The SMILES string of the molecule is CC(C)c1cc(-c2nnc(O)n2C(=O)c2ccc(N(C)C)nc2)ccc1O. The van der Waals surface area contributed by atoms with Crippen LogP contribution in [0, 0.1) is 0 Å². The highest BCUT2D eigenvalue weighted by atomic mass is 16.3. The molecular weight excluding hydrogens is 346 g/mol. The predicted octanol–water partition coefficient (Wildman–Crippen LogP) is 2.63. The van der Waals surface area contributed by atoms with Crippen molar-refractivity contribution in [1.29, 1.82) is 0 Å². The molecule has 140 valence electrons. The van der Waals surface area contributed by atoms with Crippen LogP contribution in [-0.2, 0) is 0 Å². The van der Waals surface area contributed by atoms with Gasteiger partial charge in [-0.2, -0.15) is 0 Å². The molecule has 3 rings (SSSR count). The summed E-state index contributed by atoms with van der Waals surface area (Å²) in [5.74, 6) is 0.646. The van der Waals surface area contributed by atoms with E-state index in [1.54, 1.807) is 30.3 Å². The first-order valence-electron chi connectivity index (χ1n) is 8.45. The van der Waals surface area contributed by atoms with E-state index in [9.17, 15) is 15.0 Å². The van der Waals surface area contributed by atoms with Crippen molar-refractivity contribution in [2.75, 3.05) is 19.0 Å². The summed E-state index contributed by atoms with van der Waals surface area (Å²) in [5.41, 5.74) is 1.57. The lowest BCUT2D eigenvalue weighted by atomic mass is 9.99. The van der Waals surface area contributed by atoms with E-state index in [2.05, 4.69) is 15.2 Å². The van der Waals surface area contributed by atoms with E-state index in [0.29, 0.717) is 22.5 Å². The van der Waals surface area contributed by atoms with Gasteiger partial charge in [0.15, 0.2) is 5.82 Å². The minimum Gasteiger partial charge on any atom is -0.508 e. The zero-order chi connectivity index (χ0) is 19.7. The van der Waals surface area contributed by atoms with Crippen LogP contribution in [0.1, 0.15) is 35.7 Å². The number of nitrogens with zero attached hydrogens (tertiary/aromatic N) is 5.